The molecule has 6 heteroatoms. The SMILES string of the molecule is COc1cccc(C=NNc2nc(C)cc(-c3ccccc3)n2)c1O. The first kappa shape index (κ1) is 16.4. The molecule has 0 aliphatic rings. The van der Waals surface area contributed by atoms with E-state index >= 15 is 0 Å². The molecule has 0 saturated carbocycles. The van der Waals surface area contributed by atoms with Crippen molar-refractivity contribution in [3.63, 3.8) is 0 Å². The molecule has 0 saturated heterocycles. The highest BCUT2D eigenvalue weighted by Gasteiger charge is 2.06. The van der Waals surface area contributed by atoms with Crippen LogP contribution in [0.4, 0.5) is 5.95 Å². The molecule has 0 fully saturated rings. The van der Waals surface area contributed by atoms with Crippen LogP contribution >= 0.6 is 0 Å². The quantitative estimate of drug-likeness (QED) is 0.550. The molecule has 2 aromatic carbocycles. The average Bonchev–Trinajstić information content (AvgIpc) is 2.63. The Balaban J connectivity index is 1.81. The number of ether oxygens (including phenoxy) is 1. The van der Waals surface area contributed by atoms with Crippen LogP contribution in [0.25, 0.3) is 11.3 Å². The van der Waals surface area contributed by atoms with E-state index in [2.05, 4.69) is 20.5 Å². The maximum absolute atomic E-state index is 10.0. The van der Waals surface area contributed by atoms with Crippen LogP contribution in [-0.2, 0) is 0 Å². The van der Waals surface area contributed by atoms with Gasteiger partial charge < -0.3 is 9.84 Å². The number of hydrazone groups is 1. The van der Waals surface area contributed by atoms with Crippen LogP contribution in [0.2, 0.25) is 0 Å². The van der Waals surface area contributed by atoms with E-state index in [0.717, 1.165) is 17.0 Å². The molecule has 0 aliphatic carbocycles. The lowest BCUT2D eigenvalue weighted by atomic mass is 10.1. The number of rotatable bonds is 5. The Morgan fingerprint density at radius 1 is 1.08 bits per heavy atom. The number of anilines is 1. The predicted octanol–water partition coefficient (Wildman–Crippen LogP) is 3.61. The van der Waals surface area contributed by atoms with E-state index in [1.807, 2.05) is 43.3 Å². The maximum atomic E-state index is 10.0. The first-order valence-corrected chi connectivity index (χ1v) is 7.73. The van der Waals surface area contributed by atoms with Crippen LogP contribution < -0.4 is 10.2 Å². The van der Waals surface area contributed by atoms with E-state index in [4.69, 9.17) is 4.74 Å². The van der Waals surface area contributed by atoms with Crippen LogP contribution in [0.5, 0.6) is 11.5 Å². The minimum absolute atomic E-state index is 0.0330. The fourth-order valence-corrected chi connectivity index (χ4v) is 2.34. The van der Waals surface area contributed by atoms with E-state index < -0.39 is 0 Å². The number of methoxy groups -OCH3 is 1. The third-order valence-electron chi connectivity index (χ3n) is 3.54. The van der Waals surface area contributed by atoms with Crippen LogP contribution in [0, 0.1) is 6.92 Å². The zero-order valence-electron chi connectivity index (χ0n) is 14.0. The standard InChI is InChI=1S/C19H18N4O2/c1-13-11-16(14-7-4-3-5-8-14)22-19(21-13)23-20-12-15-9-6-10-17(25-2)18(15)24/h3-12,24H,1-2H3,(H,21,22,23). The van der Waals surface area contributed by atoms with Crippen LogP contribution in [0.1, 0.15) is 11.3 Å². The average molecular weight is 334 g/mol. The smallest absolute Gasteiger partial charge is 0.244 e. The van der Waals surface area contributed by atoms with Gasteiger partial charge in [0.15, 0.2) is 11.5 Å². The normalized spacial score (nSPS) is 10.8. The van der Waals surface area contributed by atoms with Crippen molar-refractivity contribution < 1.29 is 9.84 Å². The summed E-state index contributed by atoms with van der Waals surface area (Å²) in [5.41, 5.74) is 5.98. The number of phenols is 1. The summed E-state index contributed by atoms with van der Waals surface area (Å²) in [4.78, 5) is 8.79. The van der Waals surface area contributed by atoms with Gasteiger partial charge in [-0.25, -0.2) is 15.4 Å². The van der Waals surface area contributed by atoms with E-state index in [9.17, 15) is 5.11 Å². The molecule has 0 spiro atoms. The van der Waals surface area contributed by atoms with Crippen molar-refractivity contribution in [2.75, 3.05) is 12.5 Å². The monoisotopic (exact) mass is 334 g/mol. The molecule has 0 bridgehead atoms. The number of hydrogen-bond donors (Lipinski definition) is 2. The van der Waals surface area contributed by atoms with Crippen LogP contribution in [0.3, 0.4) is 0 Å². The summed E-state index contributed by atoms with van der Waals surface area (Å²) in [5, 5.41) is 14.2. The second kappa shape index (κ2) is 7.44. The summed E-state index contributed by atoms with van der Waals surface area (Å²) >= 11 is 0. The van der Waals surface area contributed by atoms with Crippen molar-refractivity contribution in [1.29, 1.82) is 0 Å². The zero-order valence-corrected chi connectivity index (χ0v) is 14.0. The minimum Gasteiger partial charge on any atom is -0.504 e. The third-order valence-corrected chi connectivity index (χ3v) is 3.54. The van der Waals surface area contributed by atoms with Crippen molar-refractivity contribution in [2.45, 2.75) is 6.92 Å². The molecule has 0 atom stereocenters. The number of nitrogens with one attached hydrogen (secondary N) is 1. The molecular formula is C19H18N4O2. The van der Waals surface area contributed by atoms with Gasteiger partial charge in [-0.3, -0.25) is 0 Å². The van der Waals surface area contributed by atoms with Crippen LogP contribution in [0.15, 0.2) is 59.7 Å². The van der Waals surface area contributed by atoms with Gasteiger partial charge in [-0.1, -0.05) is 36.4 Å². The lowest BCUT2D eigenvalue weighted by molar-refractivity contribution is 0.373. The predicted molar refractivity (Wildman–Crippen MR) is 98.1 cm³/mol. The molecule has 6 nitrogen and oxygen atoms in total. The molecule has 1 aromatic heterocycles. The van der Waals surface area contributed by atoms with Gasteiger partial charge in [-0.2, -0.15) is 5.10 Å². The van der Waals surface area contributed by atoms with Gasteiger partial charge in [0.05, 0.1) is 19.0 Å². The molecule has 25 heavy (non-hydrogen) atoms. The Morgan fingerprint density at radius 2 is 1.88 bits per heavy atom. The first-order chi connectivity index (χ1) is 12.2. The van der Waals surface area contributed by atoms with Gasteiger partial charge in [0, 0.05) is 16.8 Å². The fraction of sp³-hybridized carbons (Fsp3) is 0.105. The highest BCUT2D eigenvalue weighted by atomic mass is 16.5. The molecule has 0 aliphatic heterocycles. The highest BCUT2D eigenvalue weighted by molar-refractivity contribution is 5.85. The molecule has 0 unspecified atom stereocenters. The Kier molecular flexibility index (Phi) is 4.89. The van der Waals surface area contributed by atoms with Crippen molar-refractivity contribution in [3.05, 3.63) is 65.9 Å². The number of aromatic nitrogens is 2. The minimum atomic E-state index is 0.0330. The summed E-state index contributed by atoms with van der Waals surface area (Å²) in [5.74, 6) is 0.810. The molecule has 0 radical (unpaired) electrons. The second-order valence-electron chi connectivity index (χ2n) is 5.35. The van der Waals surface area contributed by atoms with Crippen molar-refractivity contribution in [2.24, 2.45) is 5.10 Å². The highest BCUT2D eigenvalue weighted by Crippen LogP contribution is 2.28. The van der Waals surface area contributed by atoms with Crippen molar-refractivity contribution in [1.82, 2.24) is 9.97 Å². The number of nitrogens with zero attached hydrogens (tertiary/aromatic N) is 3. The topological polar surface area (TPSA) is 79.6 Å². The number of aryl methyl sites for hydroxylation is 1. The summed E-state index contributed by atoms with van der Waals surface area (Å²) in [6.45, 7) is 1.90. The van der Waals surface area contributed by atoms with E-state index in [1.54, 1.807) is 18.2 Å². The summed E-state index contributed by atoms with van der Waals surface area (Å²) in [6, 6.07) is 17.0. The van der Waals surface area contributed by atoms with E-state index in [0.29, 0.717) is 17.3 Å². The number of para-hydroxylation sites is 1. The summed E-state index contributed by atoms with van der Waals surface area (Å²) in [7, 11) is 1.50. The van der Waals surface area contributed by atoms with Gasteiger partial charge in [0.1, 0.15) is 0 Å². The lowest BCUT2D eigenvalue weighted by Crippen LogP contribution is -2.00. The number of aromatic hydroxyl groups is 1. The largest absolute Gasteiger partial charge is 0.504 e. The first-order valence-electron chi connectivity index (χ1n) is 7.73. The Morgan fingerprint density at radius 3 is 2.64 bits per heavy atom. The molecule has 1 heterocycles. The van der Waals surface area contributed by atoms with E-state index in [1.165, 1.54) is 13.3 Å². The molecule has 2 N–H and O–H groups in total. The molecular weight excluding hydrogens is 316 g/mol. The Labute approximate surface area is 145 Å². The number of benzene rings is 2. The van der Waals surface area contributed by atoms with Crippen molar-refractivity contribution >= 4 is 12.2 Å². The van der Waals surface area contributed by atoms with E-state index in [-0.39, 0.29) is 5.75 Å². The lowest BCUT2D eigenvalue weighted by Gasteiger charge is -2.06. The summed E-state index contributed by atoms with van der Waals surface area (Å²) in [6.07, 6.45) is 1.49. The molecule has 126 valence electrons. The zero-order chi connectivity index (χ0) is 17.6. The molecule has 3 aromatic rings. The van der Waals surface area contributed by atoms with Gasteiger partial charge in [0.2, 0.25) is 5.95 Å². The Hall–Kier alpha value is -3.41. The van der Waals surface area contributed by atoms with Gasteiger partial charge >= 0.3 is 0 Å². The second-order valence-corrected chi connectivity index (χ2v) is 5.35. The van der Waals surface area contributed by atoms with Gasteiger partial charge in [-0.15, -0.1) is 0 Å². The van der Waals surface area contributed by atoms with Gasteiger partial charge in [-0.05, 0) is 25.1 Å². The van der Waals surface area contributed by atoms with Crippen LogP contribution in [-0.4, -0.2) is 28.4 Å². The Bertz CT molecular complexity index is 895. The summed E-state index contributed by atoms with van der Waals surface area (Å²) < 4.78 is 5.07. The molecule has 0 amide bonds. The third kappa shape index (κ3) is 3.92. The number of phenolic OH excluding ortho intramolecular Hbond substituents is 1. The van der Waals surface area contributed by atoms with Crippen molar-refractivity contribution in [3.8, 4) is 22.8 Å². The van der Waals surface area contributed by atoms with Gasteiger partial charge in [0.25, 0.3) is 0 Å². The maximum Gasteiger partial charge on any atom is 0.244 e. The molecule has 3 rings (SSSR count). The number of hydrogen-bond acceptors (Lipinski definition) is 6. The fourth-order valence-electron chi connectivity index (χ4n) is 2.34.